The van der Waals surface area contributed by atoms with Crippen molar-refractivity contribution < 1.29 is 4.79 Å². The molecule has 0 saturated carbocycles. The Morgan fingerprint density at radius 3 is 2.53 bits per heavy atom. The first-order valence-corrected chi connectivity index (χ1v) is 12.6. The van der Waals surface area contributed by atoms with Crippen LogP contribution in [0.4, 0.5) is 5.69 Å². The molecule has 5 rings (SSSR count). The highest BCUT2D eigenvalue weighted by atomic mass is 79.9. The van der Waals surface area contributed by atoms with Crippen molar-refractivity contribution in [2.45, 2.75) is 33.2 Å². The molecule has 1 aromatic heterocycles. The van der Waals surface area contributed by atoms with E-state index >= 15 is 0 Å². The number of aromatic nitrogens is 2. The Hall–Kier alpha value is -2.96. The van der Waals surface area contributed by atoms with Gasteiger partial charge in [-0.3, -0.25) is 14.3 Å². The summed E-state index contributed by atoms with van der Waals surface area (Å²) >= 11 is 3.54. The van der Waals surface area contributed by atoms with Crippen molar-refractivity contribution in [2.75, 3.05) is 18.4 Å². The molecule has 2 heterocycles. The van der Waals surface area contributed by atoms with E-state index in [1.54, 1.807) is 0 Å². The highest BCUT2D eigenvalue weighted by molar-refractivity contribution is 9.10. The van der Waals surface area contributed by atoms with Gasteiger partial charge in [-0.15, -0.1) is 0 Å². The molecule has 1 atom stereocenters. The van der Waals surface area contributed by atoms with Gasteiger partial charge in [0.2, 0.25) is 5.91 Å². The topological polar surface area (TPSA) is 50.2 Å². The number of nitrogens with zero attached hydrogens (tertiary/aromatic N) is 3. The Labute approximate surface area is 208 Å². The minimum Gasteiger partial charge on any atom is -0.325 e. The maximum atomic E-state index is 13.2. The number of carbonyl (C=O) groups is 1. The van der Waals surface area contributed by atoms with Crippen molar-refractivity contribution >= 4 is 38.6 Å². The number of fused-ring (bicyclic) bond motifs is 1. The maximum Gasteiger partial charge on any atom is 0.228 e. The van der Waals surface area contributed by atoms with E-state index in [0.717, 1.165) is 69.8 Å². The molecule has 0 unspecified atom stereocenters. The van der Waals surface area contributed by atoms with E-state index in [4.69, 9.17) is 4.98 Å². The Morgan fingerprint density at radius 2 is 1.76 bits per heavy atom. The average Bonchev–Trinajstić information content (AvgIpc) is 3.20. The fourth-order valence-electron chi connectivity index (χ4n) is 4.91. The average molecular weight is 517 g/mol. The molecule has 5 nitrogen and oxygen atoms in total. The number of likely N-dealkylation sites (tertiary alicyclic amines) is 1. The van der Waals surface area contributed by atoms with E-state index in [0.29, 0.717) is 6.54 Å². The molecule has 1 N–H and O–H groups in total. The Bertz CT molecular complexity index is 1310. The number of imidazole rings is 1. The molecule has 174 valence electrons. The van der Waals surface area contributed by atoms with Gasteiger partial charge in [0.15, 0.2) is 0 Å². The van der Waals surface area contributed by atoms with Gasteiger partial charge in [0.1, 0.15) is 5.82 Å². The zero-order valence-electron chi connectivity index (χ0n) is 19.6. The second-order valence-corrected chi connectivity index (χ2v) is 10.1. The van der Waals surface area contributed by atoms with E-state index < -0.39 is 0 Å². The number of piperidine rings is 1. The van der Waals surface area contributed by atoms with Crippen LogP contribution in [-0.4, -0.2) is 33.4 Å². The molecule has 1 fully saturated rings. The lowest BCUT2D eigenvalue weighted by molar-refractivity contribution is -0.121. The number of halogens is 1. The molecule has 3 aromatic carbocycles. The number of benzene rings is 3. The normalized spacial score (nSPS) is 16.6. The minimum absolute atomic E-state index is 0.0294. The highest BCUT2D eigenvalue weighted by Crippen LogP contribution is 2.27. The summed E-state index contributed by atoms with van der Waals surface area (Å²) in [4.78, 5) is 20.5. The number of hydrogen-bond donors (Lipinski definition) is 1. The van der Waals surface area contributed by atoms with Gasteiger partial charge in [-0.05, 0) is 80.8 Å². The third-order valence-corrected chi connectivity index (χ3v) is 7.21. The lowest BCUT2D eigenvalue weighted by Gasteiger charge is -2.32. The van der Waals surface area contributed by atoms with Gasteiger partial charge in [-0.25, -0.2) is 4.98 Å². The van der Waals surface area contributed by atoms with Crippen LogP contribution in [0.3, 0.4) is 0 Å². The number of hydrogen-bond acceptors (Lipinski definition) is 3. The SMILES string of the molecule is Cc1cccc(C)c1NC(=O)[C@H]1CCCN(Cc2nc3ccccc3n2-c2ccc(Br)cc2)C1. The molecule has 34 heavy (non-hydrogen) atoms. The van der Waals surface area contributed by atoms with Crippen LogP contribution in [0.25, 0.3) is 16.7 Å². The van der Waals surface area contributed by atoms with Crippen LogP contribution in [0.1, 0.15) is 29.8 Å². The fraction of sp³-hybridized carbons (Fsp3) is 0.286. The van der Waals surface area contributed by atoms with Gasteiger partial charge < -0.3 is 5.32 Å². The Kier molecular flexibility index (Phi) is 6.53. The number of carbonyl (C=O) groups excluding carboxylic acids is 1. The smallest absolute Gasteiger partial charge is 0.228 e. The van der Waals surface area contributed by atoms with E-state index in [1.807, 2.05) is 38.1 Å². The number of rotatable bonds is 5. The molecule has 0 aliphatic carbocycles. The number of anilines is 1. The van der Waals surface area contributed by atoms with Crippen LogP contribution in [0.15, 0.2) is 71.2 Å². The molecule has 1 aliphatic rings. The van der Waals surface area contributed by atoms with Gasteiger partial charge in [-0.2, -0.15) is 0 Å². The zero-order valence-corrected chi connectivity index (χ0v) is 21.2. The van der Waals surface area contributed by atoms with Crippen LogP contribution >= 0.6 is 15.9 Å². The monoisotopic (exact) mass is 516 g/mol. The quantitative estimate of drug-likeness (QED) is 0.340. The van der Waals surface area contributed by atoms with Gasteiger partial charge >= 0.3 is 0 Å². The Morgan fingerprint density at radius 1 is 1.03 bits per heavy atom. The lowest BCUT2D eigenvalue weighted by Crippen LogP contribution is -2.40. The highest BCUT2D eigenvalue weighted by Gasteiger charge is 2.27. The first kappa shape index (κ1) is 22.8. The summed E-state index contributed by atoms with van der Waals surface area (Å²) in [7, 11) is 0. The maximum absolute atomic E-state index is 13.2. The summed E-state index contributed by atoms with van der Waals surface area (Å²) in [6.45, 7) is 6.50. The lowest BCUT2D eigenvalue weighted by atomic mass is 9.96. The van der Waals surface area contributed by atoms with Crippen molar-refractivity contribution in [3.63, 3.8) is 0 Å². The number of aryl methyl sites for hydroxylation is 2. The molecule has 1 amide bonds. The van der Waals surface area contributed by atoms with E-state index in [-0.39, 0.29) is 11.8 Å². The van der Waals surface area contributed by atoms with E-state index in [9.17, 15) is 4.79 Å². The molecular weight excluding hydrogens is 488 g/mol. The molecule has 6 heteroatoms. The number of amides is 1. The van der Waals surface area contributed by atoms with Crippen LogP contribution < -0.4 is 5.32 Å². The predicted molar refractivity (Wildman–Crippen MR) is 141 cm³/mol. The summed E-state index contributed by atoms with van der Waals surface area (Å²) in [5.41, 5.74) is 6.33. The van der Waals surface area contributed by atoms with Crippen molar-refractivity contribution in [2.24, 2.45) is 5.92 Å². The van der Waals surface area contributed by atoms with Crippen LogP contribution in [0, 0.1) is 19.8 Å². The zero-order chi connectivity index (χ0) is 23.7. The number of para-hydroxylation sites is 3. The third-order valence-electron chi connectivity index (χ3n) is 6.69. The first-order valence-electron chi connectivity index (χ1n) is 11.8. The van der Waals surface area contributed by atoms with E-state index in [2.05, 4.69) is 73.2 Å². The predicted octanol–water partition coefficient (Wildman–Crippen LogP) is 6.26. The molecule has 0 bridgehead atoms. The van der Waals surface area contributed by atoms with Crippen LogP contribution in [-0.2, 0) is 11.3 Å². The van der Waals surface area contributed by atoms with Gasteiger partial charge in [-0.1, -0.05) is 46.3 Å². The second kappa shape index (κ2) is 9.72. The molecule has 0 spiro atoms. The third kappa shape index (κ3) is 4.65. The standard InChI is InChI=1S/C28H29BrN4O/c1-19-7-5-8-20(2)27(19)31-28(34)21-9-6-16-32(17-21)18-26-30-24-10-3-4-11-25(24)33(26)23-14-12-22(29)13-15-23/h3-5,7-8,10-15,21H,6,9,16-18H2,1-2H3,(H,31,34)/t21-/m0/s1. The molecule has 4 aromatic rings. The van der Waals surface area contributed by atoms with Gasteiger partial charge in [0.25, 0.3) is 0 Å². The van der Waals surface area contributed by atoms with Crippen LogP contribution in [0.2, 0.25) is 0 Å². The molecule has 0 radical (unpaired) electrons. The molecule has 1 saturated heterocycles. The first-order chi connectivity index (χ1) is 16.5. The summed E-state index contributed by atoms with van der Waals surface area (Å²) in [5, 5.41) is 3.21. The van der Waals surface area contributed by atoms with Crippen molar-refractivity contribution in [1.29, 1.82) is 0 Å². The minimum atomic E-state index is -0.0294. The van der Waals surface area contributed by atoms with Crippen molar-refractivity contribution in [3.8, 4) is 5.69 Å². The molecule has 1 aliphatic heterocycles. The van der Waals surface area contributed by atoms with Crippen molar-refractivity contribution in [3.05, 3.63) is 88.2 Å². The summed E-state index contributed by atoms with van der Waals surface area (Å²) in [6.07, 6.45) is 1.92. The van der Waals surface area contributed by atoms with E-state index in [1.165, 1.54) is 0 Å². The molecular formula is C28H29BrN4O. The van der Waals surface area contributed by atoms with Gasteiger partial charge in [0, 0.05) is 22.4 Å². The van der Waals surface area contributed by atoms with Crippen molar-refractivity contribution in [1.82, 2.24) is 14.5 Å². The summed E-state index contributed by atoms with van der Waals surface area (Å²) in [5.74, 6) is 1.08. The fourth-order valence-corrected chi connectivity index (χ4v) is 5.17. The van der Waals surface area contributed by atoms with Crippen LogP contribution in [0.5, 0.6) is 0 Å². The van der Waals surface area contributed by atoms with Gasteiger partial charge in [0.05, 0.1) is 23.5 Å². The summed E-state index contributed by atoms with van der Waals surface area (Å²) in [6, 6.07) is 22.7. The number of nitrogens with one attached hydrogen (secondary N) is 1. The second-order valence-electron chi connectivity index (χ2n) is 9.16. The summed E-state index contributed by atoms with van der Waals surface area (Å²) < 4.78 is 3.29. The largest absolute Gasteiger partial charge is 0.325 e. The Balaban J connectivity index is 1.37.